The van der Waals surface area contributed by atoms with Crippen molar-refractivity contribution in [1.29, 1.82) is 0 Å². The summed E-state index contributed by atoms with van der Waals surface area (Å²) in [6.45, 7) is 0. The molecule has 7 heteroatoms. The van der Waals surface area contributed by atoms with Crippen molar-refractivity contribution in [2.45, 2.75) is 6.42 Å². The minimum absolute atomic E-state index is 0.0657. The van der Waals surface area contributed by atoms with Crippen molar-refractivity contribution in [3.05, 3.63) is 52.9 Å². The second-order valence-electron chi connectivity index (χ2n) is 3.91. The smallest absolute Gasteiger partial charge is 0.358 e. The Balaban J connectivity index is 2.11. The fourth-order valence-electron chi connectivity index (χ4n) is 1.59. The van der Waals surface area contributed by atoms with E-state index in [1.165, 1.54) is 12.4 Å². The molecule has 0 aliphatic carbocycles. The summed E-state index contributed by atoms with van der Waals surface area (Å²) in [5.74, 6) is -1.72. The molecule has 6 nitrogen and oxygen atoms in total. The van der Waals surface area contributed by atoms with Crippen molar-refractivity contribution < 1.29 is 14.7 Å². The maximum absolute atomic E-state index is 11.9. The molecule has 1 heterocycles. The van der Waals surface area contributed by atoms with Crippen molar-refractivity contribution in [2.24, 2.45) is 0 Å². The molecule has 0 atom stereocenters. The SMILES string of the molecule is O=C(Cc1cccc(Cl)c1)Nc1nccnc1C(=O)O. The van der Waals surface area contributed by atoms with E-state index < -0.39 is 11.9 Å². The highest BCUT2D eigenvalue weighted by molar-refractivity contribution is 6.30. The van der Waals surface area contributed by atoms with E-state index in [1.807, 2.05) is 0 Å². The van der Waals surface area contributed by atoms with Crippen LogP contribution in [-0.4, -0.2) is 27.0 Å². The lowest BCUT2D eigenvalue weighted by Gasteiger charge is -2.06. The molecule has 2 aromatic rings. The average Bonchev–Trinajstić information content (AvgIpc) is 2.38. The number of amides is 1. The number of hydrogen-bond donors (Lipinski definition) is 2. The fraction of sp³-hybridized carbons (Fsp3) is 0.0769. The monoisotopic (exact) mass is 291 g/mol. The zero-order valence-electron chi connectivity index (χ0n) is 10.2. The number of carbonyl (C=O) groups excluding carboxylic acids is 1. The first-order valence-electron chi connectivity index (χ1n) is 5.65. The topological polar surface area (TPSA) is 92.2 Å². The van der Waals surface area contributed by atoms with Crippen LogP contribution in [0.3, 0.4) is 0 Å². The molecule has 0 aliphatic rings. The van der Waals surface area contributed by atoms with Gasteiger partial charge in [0.1, 0.15) is 0 Å². The molecule has 1 aromatic carbocycles. The van der Waals surface area contributed by atoms with Crippen LogP contribution in [0.5, 0.6) is 0 Å². The molecule has 102 valence electrons. The number of carboxylic acids is 1. The molecule has 1 amide bonds. The van der Waals surface area contributed by atoms with Crippen molar-refractivity contribution in [2.75, 3.05) is 5.32 Å². The Morgan fingerprint density at radius 1 is 1.25 bits per heavy atom. The second kappa shape index (κ2) is 6.12. The number of rotatable bonds is 4. The van der Waals surface area contributed by atoms with Gasteiger partial charge in [0.2, 0.25) is 5.91 Å². The first kappa shape index (κ1) is 14.0. The Morgan fingerprint density at radius 3 is 2.70 bits per heavy atom. The van der Waals surface area contributed by atoms with Crippen molar-refractivity contribution in [3.8, 4) is 0 Å². The first-order valence-corrected chi connectivity index (χ1v) is 6.02. The predicted molar refractivity (Wildman–Crippen MR) is 72.8 cm³/mol. The van der Waals surface area contributed by atoms with Gasteiger partial charge in [-0.3, -0.25) is 4.79 Å². The fourth-order valence-corrected chi connectivity index (χ4v) is 1.81. The summed E-state index contributed by atoms with van der Waals surface area (Å²) in [5.41, 5.74) is 0.419. The van der Waals surface area contributed by atoms with Gasteiger partial charge in [-0.2, -0.15) is 0 Å². The molecule has 20 heavy (non-hydrogen) atoms. The van der Waals surface area contributed by atoms with Gasteiger partial charge in [-0.1, -0.05) is 23.7 Å². The summed E-state index contributed by atoms with van der Waals surface area (Å²) in [4.78, 5) is 30.2. The quantitative estimate of drug-likeness (QED) is 0.899. The van der Waals surface area contributed by atoms with Crippen LogP contribution in [0.2, 0.25) is 5.02 Å². The van der Waals surface area contributed by atoms with Gasteiger partial charge in [0.05, 0.1) is 6.42 Å². The van der Waals surface area contributed by atoms with Gasteiger partial charge in [0.15, 0.2) is 11.5 Å². The molecule has 2 rings (SSSR count). The van der Waals surface area contributed by atoms with Gasteiger partial charge in [-0.05, 0) is 17.7 Å². The normalized spacial score (nSPS) is 10.1. The molecular formula is C13H10ClN3O3. The second-order valence-corrected chi connectivity index (χ2v) is 4.35. The Morgan fingerprint density at radius 2 is 2.00 bits per heavy atom. The largest absolute Gasteiger partial charge is 0.476 e. The predicted octanol–water partition coefficient (Wildman–Crippen LogP) is 2.01. The van der Waals surface area contributed by atoms with E-state index in [2.05, 4.69) is 15.3 Å². The Labute approximate surface area is 119 Å². The van der Waals surface area contributed by atoms with E-state index in [1.54, 1.807) is 24.3 Å². The molecule has 0 unspecified atom stereocenters. The molecule has 0 aliphatic heterocycles. The molecular weight excluding hydrogens is 282 g/mol. The van der Waals surface area contributed by atoms with Crippen molar-refractivity contribution >= 4 is 29.3 Å². The highest BCUT2D eigenvalue weighted by Crippen LogP contribution is 2.13. The molecule has 0 bridgehead atoms. The van der Waals surface area contributed by atoms with Gasteiger partial charge >= 0.3 is 5.97 Å². The molecule has 0 saturated heterocycles. The molecule has 0 fully saturated rings. The van der Waals surface area contributed by atoms with Gasteiger partial charge in [-0.25, -0.2) is 14.8 Å². The van der Waals surface area contributed by atoms with Crippen LogP contribution in [0.4, 0.5) is 5.82 Å². The molecule has 1 aromatic heterocycles. The Hall–Kier alpha value is -2.47. The third-order valence-corrected chi connectivity index (χ3v) is 2.65. The number of halogens is 1. The minimum atomic E-state index is -1.25. The Bertz CT molecular complexity index is 661. The lowest BCUT2D eigenvalue weighted by atomic mass is 10.1. The van der Waals surface area contributed by atoms with Crippen LogP contribution in [0.25, 0.3) is 0 Å². The highest BCUT2D eigenvalue weighted by atomic mass is 35.5. The third-order valence-electron chi connectivity index (χ3n) is 2.41. The number of hydrogen-bond acceptors (Lipinski definition) is 4. The van der Waals surface area contributed by atoms with Crippen LogP contribution in [0, 0.1) is 0 Å². The summed E-state index contributed by atoms with van der Waals surface area (Å²) < 4.78 is 0. The van der Waals surface area contributed by atoms with Crippen molar-refractivity contribution in [3.63, 3.8) is 0 Å². The summed E-state index contributed by atoms with van der Waals surface area (Å²) in [6.07, 6.45) is 2.62. The highest BCUT2D eigenvalue weighted by Gasteiger charge is 2.15. The van der Waals surface area contributed by atoms with E-state index in [9.17, 15) is 9.59 Å². The van der Waals surface area contributed by atoms with Crippen LogP contribution < -0.4 is 5.32 Å². The number of nitrogens with one attached hydrogen (secondary N) is 1. The maximum atomic E-state index is 11.9. The lowest BCUT2D eigenvalue weighted by molar-refractivity contribution is -0.115. The van der Waals surface area contributed by atoms with Gasteiger partial charge in [-0.15, -0.1) is 0 Å². The minimum Gasteiger partial charge on any atom is -0.476 e. The van der Waals surface area contributed by atoms with E-state index in [-0.39, 0.29) is 17.9 Å². The first-order chi connectivity index (χ1) is 9.56. The number of aromatic nitrogens is 2. The number of carboxylic acid groups (broad SMARTS) is 1. The molecule has 0 spiro atoms. The third kappa shape index (κ3) is 3.52. The van der Waals surface area contributed by atoms with E-state index in [0.717, 1.165) is 5.56 Å². The van der Waals surface area contributed by atoms with E-state index in [4.69, 9.17) is 16.7 Å². The summed E-state index contributed by atoms with van der Waals surface area (Å²) in [5, 5.41) is 11.9. The number of carbonyl (C=O) groups is 2. The number of aromatic carboxylic acids is 1. The lowest BCUT2D eigenvalue weighted by Crippen LogP contribution is -2.18. The van der Waals surface area contributed by atoms with Crippen LogP contribution in [-0.2, 0) is 11.2 Å². The number of benzene rings is 1. The van der Waals surface area contributed by atoms with Gasteiger partial charge in [0.25, 0.3) is 0 Å². The van der Waals surface area contributed by atoms with Crippen LogP contribution in [0.15, 0.2) is 36.7 Å². The standard InChI is InChI=1S/C13H10ClN3O3/c14-9-3-1-2-8(6-9)7-10(18)17-12-11(13(19)20)15-4-5-16-12/h1-6H,7H2,(H,19,20)(H,16,17,18). The van der Waals surface area contributed by atoms with E-state index >= 15 is 0 Å². The number of anilines is 1. The van der Waals surface area contributed by atoms with Crippen molar-refractivity contribution in [1.82, 2.24) is 9.97 Å². The van der Waals surface area contributed by atoms with Gasteiger partial charge in [0, 0.05) is 17.4 Å². The average molecular weight is 292 g/mol. The van der Waals surface area contributed by atoms with Crippen LogP contribution >= 0.6 is 11.6 Å². The summed E-state index contributed by atoms with van der Waals surface area (Å²) in [6, 6.07) is 6.85. The molecule has 2 N–H and O–H groups in total. The maximum Gasteiger partial charge on any atom is 0.358 e. The molecule has 0 saturated carbocycles. The molecule has 0 radical (unpaired) electrons. The zero-order chi connectivity index (χ0) is 14.5. The number of nitrogens with zero attached hydrogens (tertiary/aromatic N) is 2. The zero-order valence-corrected chi connectivity index (χ0v) is 11.0. The van der Waals surface area contributed by atoms with Crippen LogP contribution in [0.1, 0.15) is 16.1 Å². The van der Waals surface area contributed by atoms with Gasteiger partial charge < -0.3 is 10.4 Å². The Kier molecular flexibility index (Phi) is 4.27. The summed E-state index contributed by atoms with van der Waals surface area (Å²) in [7, 11) is 0. The summed E-state index contributed by atoms with van der Waals surface area (Å²) >= 11 is 5.82. The van der Waals surface area contributed by atoms with E-state index in [0.29, 0.717) is 5.02 Å².